The third kappa shape index (κ3) is 3.22. The predicted molar refractivity (Wildman–Crippen MR) is 83.3 cm³/mol. The van der Waals surface area contributed by atoms with Gasteiger partial charge >= 0.3 is 0 Å². The van der Waals surface area contributed by atoms with Crippen molar-refractivity contribution in [1.29, 1.82) is 0 Å². The summed E-state index contributed by atoms with van der Waals surface area (Å²) in [5.74, 6) is 0.0329. The van der Waals surface area contributed by atoms with Crippen molar-refractivity contribution in [2.24, 2.45) is 5.41 Å². The van der Waals surface area contributed by atoms with Crippen LogP contribution in [-0.2, 0) is 11.3 Å². The number of benzene rings is 1. The number of nitrogens with zero attached hydrogens (tertiary/aromatic N) is 1. The Morgan fingerprint density at radius 3 is 2.90 bits per heavy atom. The smallest absolute Gasteiger partial charge is 0.221 e. The maximum Gasteiger partial charge on any atom is 0.221 e. The highest BCUT2D eigenvalue weighted by atomic mass is 35.5. The molecule has 1 heterocycles. The van der Waals surface area contributed by atoms with E-state index >= 15 is 0 Å². The van der Waals surface area contributed by atoms with Crippen LogP contribution in [0.1, 0.15) is 19.3 Å². The molecule has 1 aliphatic carbocycles. The molecule has 2 N–H and O–H groups in total. The molecule has 4 nitrogen and oxygen atoms in total. The van der Waals surface area contributed by atoms with E-state index in [9.17, 15) is 9.90 Å². The molecule has 5 heteroatoms. The molecule has 3 rings (SSSR count). The van der Waals surface area contributed by atoms with Gasteiger partial charge in [-0.25, -0.2) is 0 Å². The Bertz CT molecular complexity index is 661. The first kappa shape index (κ1) is 14.4. The van der Waals surface area contributed by atoms with E-state index in [1.807, 2.05) is 30.5 Å². The van der Waals surface area contributed by atoms with Crippen LogP contribution >= 0.6 is 11.6 Å². The molecule has 1 fully saturated rings. The van der Waals surface area contributed by atoms with E-state index in [0.29, 0.717) is 19.5 Å². The zero-order chi connectivity index (χ0) is 14.9. The summed E-state index contributed by atoms with van der Waals surface area (Å²) in [7, 11) is 0. The Kier molecular flexibility index (Phi) is 3.91. The molecule has 112 valence electrons. The number of nitrogens with one attached hydrogen (secondary N) is 1. The van der Waals surface area contributed by atoms with Crippen LogP contribution in [0.15, 0.2) is 30.5 Å². The Hall–Kier alpha value is -1.52. The van der Waals surface area contributed by atoms with Gasteiger partial charge in [-0.3, -0.25) is 4.79 Å². The van der Waals surface area contributed by atoms with Crippen LogP contribution in [0.2, 0.25) is 5.02 Å². The van der Waals surface area contributed by atoms with Crippen LogP contribution in [0.25, 0.3) is 10.9 Å². The van der Waals surface area contributed by atoms with Gasteiger partial charge in [-0.15, -0.1) is 0 Å². The Balaban J connectivity index is 1.55. The van der Waals surface area contributed by atoms with Crippen molar-refractivity contribution in [3.05, 3.63) is 35.5 Å². The lowest BCUT2D eigenvalue weighted by Crippen LogP contribution is -2.32. The number of halogens is 1. The minimum absolute atomic E-state index is 0.0329. The summed E-state index contributed by atoms with van der Waals surface area (Å²) >= 11 is 5.97. The minimum Gasteiger partial charge on any atom is -0.396 e. The summed E-state index contributed by atoms with van der Waals surface area (Å²) in [6, 6.07) is 7.76. The summed E-state index contributed by atoms with van der Waals surface area (Å²) in [6.07, 6.45) is 4.43. The van der Waals surface area contributed by atoms with E-state index in [-0.39, 0.29) is 17.9 Å². The summed E-state index contributed by atoms with van der Waals surface area (Å²) in [4.78, 5) is 11.9. The Morgan fingerprint density at radius 2 is 2.19 bits per heavy atom. The highest BCUT2D eigenvalue weighted by molar-refractivity contribution is 6.31. The molecule has 0 spiro atoms. The van der Waals surface area contributed by atoms with Gasteiger partial charge in [0, 0.05) is 47.0 Å². The molecule has 2 aromatic rings. The SMILES string of the molecule is O=C(CCn1ccc2cc(Cl)ccc21)NCC1(CO)CC1. The average Bonchev–Trinajstić information content (AvgIpc) is 3.17. The predicted octanol–water partition coefficient (Wildman–Crippen LogP) is 2.57. The quantitative estimate of drug-likeness (QED) is 0.862. The molecular weight excluding hydrogens is 288 g/mol. The lowest BCUT2D eigenvalue weighted by atomic mass is 10.1. The maximum absolute atomic E-state index is 11.9. The fourth-order valence-electron chi connectivity index (χ4n) is 2.53. The minimum atomic E-state index is -0.0352. The number of rotatable bonds is 6. The summed E-state index contributed by atoms with van der Waals surface area (Å²) < 4.78 is 2.06. The molecule has 1 saturated carbocycles. The molecule has 21 heavy (non-hydrogen) atoms. The van der Waals surface area contributed by atoms with Crippen molar-refractivity contribution < 1.29 is 9.90 Å². The molecule has 1 aromatic heterocycles. The van der Waals surface area contributed by atoms with Crippen LogP contribution in [0.5, 0.6) is 0 Å². The van der Waals surface area contributed by atoms with Gasteiger partial charge in [-0.2, -0.15) is 0 Å². The zero-order valence-corrected chi connectivity index (χ0v) is 12.6. The van der Waals surface area contributed by atoms with E-state index in [0.717, 1.165) is 28.8 Å². The average molecular weight is 307 g/mol. The van der Waals surface area contributed by atoms with Gasteiger partial charge < -0.3 is 15.0 Å². The maximum atomic E-state index is 11.9. The number of amides is 1. The number of aromatic nitrogens is 1. The van der Waals surface area contributed by atoms with E-state index in [1.54, 1.807) is 0 Å². The fraction of sp³-hybridized carbons (Fsp3) is 0.438. The fourth-order valence-corrected chi connectivity index (χ4v) is 2.71. The molecule has 0 atom stereocenters. The molecule has 1 aromatic carbocycles. The number of aliphatic hydroxyl groups excluding tert-OH is 1. The number of aliphatic hydroxyl groups is 1. The van der Waals surface area contributed by atoms with Crippen molar-refractivity contribution in [3.8, 4) is 0 Å². The zero-order valence-electron chi connectivity index (χ0n) is 11.8. The van der Waals surface area contributed by atoms with Crippen molar-refractivity contribution in [3.63, 3.8) is 0 Å². The van der Waals surface area contributed by atoms with Crippen LogP contribution in [0, 0.1) is 5.41 Å². The molecule has 0 saturated heterocycles. The van der Waals surface area contributed by atoms with Gasteiger partial charge in [0.1, 0.15) is 0 Å². The topological polar surface area (TPSA) is 54.3 Å². The van der Waals surface area contributed by atoms with Crippen LogP contribution in [0.4, 0.5) is 0 Å². The van der Waals surface area contributed by atoms with Crippen LogP contribution < -0.4 is 5.32 Å². The number of carbonyl (C=O) groups is 1. The monoisotopic (exact) mass is 306 g/mol. The largest absolute Gasteiger partial charge is 0.396 e. The summed E-state index contributed by atoms with van der Waals surface area (Å²) in [5, 5.41) is 13.9. The molecule has 0 bridgehead atoms. The number of fused-ring (bicyclic) bond motifs is 1. The third-order valence-corrected chi connectivity index (χ3v) is 4.50. The normalized spacial score (nSPS) is 16.1. The van der Waals surface area contributed by atoms with Gasteiger partial charge in [0.25, 0.3) is 0 Å². The summed E-state index contributed by atoms with van der Waals surface area (Å²) in [6.45, 7) is 1.39. The molecule has 0 radical (unpaired) electrons. The van der Waals surface area contributed by atoms with Gasteiger partial charge in [0.05, 0.1) is 6.61 Å². The van der Waals surface area contributed by atoms with Crippen molar-refractivity contribution in [1.82, 2.24) is 9.88 Å². The number of carbonyl (C=O) groups excluding carboxylic acids is 1. The second-order valence-electron chi connectivity index (χ2n) is 5.90. The molecular formula is C16H19ClN2O2. The first-order chi connectivity index (χ1) is 10.1. The van der Waals surface area contributed by atoms with E-state index in [1.165, 1.54) is 0 Å². The van der Waals surface area contributed by atoms with E-state index in [4.69, 9.17) is 11.6 Å². The second-order valence-corrected chi connectivity index (χ2v) is 6.33. The standard InChI is InChI=1S/C16H19ClN2O2/c17-13-1-2-14-12(9-13)3-7-19(14)8-4-15(21)18-10-16(11-20)5-6-16/h1-3,7,9,20H,4-6,8,10-11H2,(H,18,21). The number of aryl methyl sites for hydroxylation is 1. The highest BCUT2D eigenvalue weighted by Crippen LogP contribution is 2.44. The molecule has 1 aliphatic rings. The van der Waals surface area contributed by atoms with Crippen LogP contribution in [0.3, 0.4) is 0 Å². The lowest BCUT2D eigenvalue weighted by Gasteiger charge is -2.13. The first-order valence-corrected chi connectivity index (χ1v) is 7.62. The molecule has 0 unspecified atom stereocenters. The number of hydrogen-bond donors (Lipinski definition) is 2. The van der Waals surface area contributed by atoms with Crippen molar-refractivity contribution >= 4 is 28.4 Å². The summed E-state index contributed by atoms with van der Waals surface area (Å²) in [5.41, 5.74) is 1.05. The molecule has 0 aliphatic heterocycles. The molecule has 1 amide bonds. The van der Waals surface area contributed by atoms with Crippen LogP contribution in [-0.4, -0.2) is 28.7 Å². The van der Waals surface area contributed by atoms with Gasteiger partial charge in [0.2, 0.25) is 5.91 Å². The first-order valence-electron chi connectivity index (χ1n) is 7.24. The van der Waals surface area contributed by atoms with Gasteiger partial charge in [-0.1, -0.05) is 11.6 Å². The Morgan fingerprint density at radius 1 is 1.38 bits per heavy atom. The number of hydrogen-bond acceptors (Lipinski definition) is 2. The van der Waals surface area contributed by atoms with Crippen molar-refractivity contribution in [2.45, 2.75) is 25.8 Å². The Labute approximate surface area is 128 Å². The van der Waals surface area contributed by atoms with Gasteiger partial charge in [0.15, 0.2) is 0 Å². The highest BCUT2D eigenvalue weighted by Gasteiger charge is 2.41. The van der Waals surface area contributed by atoms with E-state index in [2.05, 4.69) is 9.88 Å². The van der Waals surface area contributed by atoms with Crippen molar-refractivity contribution in [2.75, 3.05) is 13.2 Å². The van der Waals surface area contributed by atoms with E-state index < -0.39 is 0 Å². The lowest BCUT2D eigenvalue weighted by molar-refractivity contribution is -0.121. The second kappa shape index (κ2) is 5.70. The van der Waals surface area contributed by atoms with Gasteiger partial charge in [-0.05, 0) is 37.1 Å². The third-order valence-electron chi connectivity index (χ3n) is 4.27.